The van der Waals surface area contributed by atoms with Crippen molar-refractivity contribution in [1.29, 1.82) is 0 Å². The molecule has 1 unspecified atom stereocenters. The van der Waals surface area contributed by atoms with Gasteiger partial charge in [-0.25, -0.2) is 0 Å². The molecule has 0 radical (unpaired) electrons. The molecule has 6 nitrogen and oxygen atoms in total. The summed E-state index contributed by atoms with van der Waals surface area (Å²) in [6, 6.07) is 25.8. The Labute approximate surface area is 185 Å². The van der Waals surface area contributed by atoms with Gasteiger partial charge in [-0.05, 0) is 55.1 Å². The molecule has 0 N–H and O–H groups in total. The van der Waals surface area contributed by atoms with Gasteiger partial charge in [0.2, 0.25) is 0 Å². The predicted molar refractivity (Wildman–Crippen MR) is 118 cm³/mol. The van der Waals surface area contributed by atoms with Crippen LogP contribution in [0, 0.1) is 0 Å². The molecule has 4 rings (SSSR count). The summed E-state index contributed by atoms with van der Waals surface area (Å²) in [5.41, 5.74) is 5.24. The van der Waals surface area contributed by atoms with Crippen LogP contribution in [0.5, 0.6) is 0 Å². The summed E-state index contributed by atoms with van der Waals surface area (Å²) in [6.45, 7) is 5.43. The van der Waals surface area contributed by atoms with E-state index in [1.54, 1.807) is 0 Å². The maximum absolute atomic E-state index is 8.12. The minimum absolute atomic E-state index is 0.175. The number of rotatable bonds is 3. The summed E-state index contributed by atoms with van der Waals surface area (Å²) < 4.78 is 0. The average molecular weight is 435 g/mol. The summed E-state index contributed by atoms with van der Waals surface area (Å²) in [7, 11) is 0. The number of benzene rings is 2. The van der Waals surface area contributed by atoms with Gasteiger partial charge in [-0.3, -0.25) is 0 Å². The molecule has 1 aliphatic rings. The van der Waals surface area contributed by atoms with Crippen molar-refractivity contribution >= 4 is 35.0 Å². The molecule has 0 spiro atoms. The fraction of sp³-hybridized carbons (Fsp3) is 0.167. The van der Waals surface area contributed by atoms with Crippen molar-refractivity contribution < 1.29 is 19.2 Å². The Morgan fingerprint density at radius 1 is 0.774 bits per heavy atom. The fourth-order valence-electron chi connectivity index (χ4n) is 3.48. The molecule has 0 aliphatic carbocycles. The molecule has 0 saturated carbocycles. The van der Waals surface area contributed by atoms with E-state index in [-0.39, 0.29) is 18.5 Å². The van der Waals surface area contributed by atoms with Crippen molar-refractivity contribution in [3.63, 3.8) is 0 Å². The number of anilines is 2. The number of para-hydroxylation sites is 2. The third kappa shape index (κ3) is 5.87. The summed E-state index contributed by atoms with van der Waals surface area (Å²) in [6.07, 6.45) is 0.675. The highest BCUT2D eigenvalue weighted by atomic mass is 32.1. The van der Waals surface area contributed by atoms with Crippen LogP contribution in [0.3, 0.4) is 0 Å². The molecule has 0 fully saturated rings. The first-order valence-corrected chi connectivity index (χ1v) is 10.3. The van der Waals surface area contributed by atoms with E-state index in [0.29, 0.717) is 0 Å². The Hall–Kier alpha value is -3.76. The molecule has 1 atom stereocenters. The zero-order chi connectivity index (χ0) is 22.6. The summed E-state index contributed by atoms with van der Waals surface area (Å²) in [5.74, 6) is 0. The number of hydrogen-bond donors (Lipinski definition) is 0. The van der Waals surface area contributed by atoms with Gasteiger partial charge in [-0.1, -0.05) is 42.5 Å². The predicted octanol–water partition coefficient (Wildman–Crippen LogP) is 4.90. The quantitative estimate of drug-likeness (QED) is 0.584. The number of allylic oxidation sites excluding steroid dienone is 1. The van der Waals surface area contributed by atoms with Crippen molar-refractivity contribution in [2.24, 2.45) is 0 Å². The lowest BCUT2D eigenvalue weighted by Gasteiger charge is -2.47. The van der Waals surface area contributed by atoms with Gasteiger partial charge in [0.05, 0.1) is 0 Å². The Bertz CT molecular complexity index is 1030. The summed E-state index contributed by atoms with van der Waals surface area (Å²) in [4.78, 5) is 38.8. The Morgan fingerprint density at radius 3 is 1.77 bits per heavy atom. The number of thiophene rings is 1. The number of carbonyl (C=O) groups excluding carboxylic acids is 4. The van der Waals surface area contributed by atoms with Crippen LogP contribution >= 0.6 is 11.3 Å². The van der Waals surface area contributed by atoms with Gasteiger partial charge < -0.3 is 9.80 Å². The molecule has 0 amide bonds. The maximum Gasteiger partial charge on any atom is 0.373 e. The zero-order valence-electron chi connectivity index (χ0n) is 17.2. The van der Waals surface area contributed by atoms with Crippen molar-refractivity contribution in [2.75, 3.05) is 16.3 Å². The molecule has 1 aliphatic heterocycles. The monoisotopic (exact) mass is 434 g/mol. The Kier molecular flexibility index (Phi) is 9.14. The molecule has 158 valence electrons. The number of nitrogens with zero attached hydrogens (tertiary/aromatic N) is 2. The molecule has 31 heavy (non-hydrogen) atoms. The third-order valence-electron chi connectivity index (χ3n) is 4.85. The van der Waals surface area contributed by atoms with E-state index >= 15 is 0 Å². The Balaban J connectivity index is 0.000000513. The van der Waals surface area contributed by atoms with E-state index in [0.717, 1.165) is 6.54 Å². The molecular weight excluding hydrogens is 412 g/mol. The lowest BCUT2D eigenvalue weighted by atomic mass is 10.1. The van der Waals surface area contributed by atoms with Crippen LogP contribution in [0.1, 0.15) is 24.9 Å². The molecule has 2 aromatic carbocycles. The number of hydrogen-bond acceptors (Lipinski definition) is 7. The second-order valence-electron chi connectivity index (χ2n) is 6.59. The van der Waals surface area contributed by atoms with Crippen molar-refractivity contribution in [3.05, 3.63) is 94.3 Å². The van der Waals surface area contributed by atoms with Crippen LogP contribution in [0.15, 0.2) is 89.4 Å². The average Bonchev–Trinajstić information content (AvgIpc) is 3.32. The van der Waals surface area contributed by atoms with Crippen LogP contribution in [-0.4, -0.2) is 18.8 Å². The highest BCUT2D eigenvalue weighted by Crippen LogP contribution is 2.42. The molecule has 2 heterocycles. The summed E-state index contributed by atoms with van der Waals surface area (Å²) >= 11 is 1.82. The van der Waals surface area contributed by atoms with Crippen LogP contribution in [0.4, 0.5) is 11.4 Å². The van der Waals surface area contributed by atoms with E-state index in [1.165, 1.54) is 27.5 Å². The maximum atomic E-state index is 8.12. The topological polar surface area (TPSA) is 74.8 Å². The normalized spacial score (nSPS) is 15.0. The van der Waals surface area contributed by atoms with Gasteiger partial charge in [-0.15, -0.1) is 11.3 Å². The van der Waals surface area contributed by atoms with E-state index < -0.39 is 0 Å². The highest BCUT2D eigenvalue weighted by Gasteiger charge is 2.34. The smallest absolute Gasteiger partial charge is 0.342 e. The van der Waals surface area contributed by atoms with E-state index in [2.05, 4.69) is 102 Å². The van der Waals surface area contributed by atoms with Crippen LogP contribution in [0.25, 0.3) is 0 Å². The van der Waals surface area contributed by atoms with Gasteiger partial charge in [0.1, 0.15) is 6.17 Å². The van der Waals surface area contributed by atoms with Crippen LogP contribution in [0.2, 0.25) is 0 Å². The van der Waals surface area contributed by atoms with Gasteiger partial charge in [0.15, 0.2) is 0 Å². The van der Waals surface area contributed by atoms with Gasteiger partial charge in [0.25, 0.3) is 0 Å². The fourth-order valence-corrected chi connectivity index (χ4v) is 4.31. The van der Waals surface area contributed by atoms with E-state index in [9.17, 15) is 0 Å². The Morgan fingerprint density at radius 2 is 1.29 bits per heavy atom. The first kappa shape index (κ1) is 23.5. The molecule has 1 aromatic heterocycles. The molecule has 7 heteroatoms. The van der Waals surface area contributed by atoms with Crippen LogP contribution < -0.4 is 9.80 Å². The van der Waals surface area contributed by atoms with E-state index in [4.69, 9.17) is 19.2 Å². The lowest BCUT2D eigenvalue weighted by Crippen LogP contribution is -2.46. The second kappa shape index (κ2) is 12.1. The highest BCUT2D eigenvalue weighted by molar-refractivity contribution is 7.10. The SMILES string of the molecule is CC1=C(C)N(c2ccccc2)C(c2cccs2)N(c2ccccc2)C1.O=C=O.O=C=O. The minimum atomic E-state index is 0.175. The van der Waals surface area contributed by atoms with Crippen molar-refractivity contribution in [2.45, 2.75) is 20.0 Å². The first-order chi connectivity index (χ1) is 15.1. The third-order valence-corrected chi connectivity index (χ3v) is 5.76. The molecule has 0 bridgehead atoms. The second-order valence-corrected chi connectivity index (χ2v) is 7.57. The van der Waals surface area contributed by atoms with Crippen LogP contribution in [-0.2, 0) is 19.2 Å². The lowest BCUT2D eigenvalue weighted by molar-refractivity contribution is -0.193. The molecular formula is C24H22N2O4S. The first-order valence-electron chi connectivity index (χ1n) is 9.43. The standard InChI is InChI=1S/C22H22N2S.2CO2/c1-17-16-23(19-10-5-3-6-11-19)22(21-14-9-15-25-21)24(18(17)2)20-12-7-4-8-13-20;2*2-1-3/h3-15,22H,16H2,1-2H3;;. The van der Waals surface area contributed by atoms with Crippen molar-refractivity contribution in [1.82, 2.24) is 0 Å². The van der Waals surface area contributed by atoms with E-state index in [1.807, 2.05) is 11.3 Å². The molecule has 0 saturated heterocycles. The summed E-state index contributed by atoms with van der Waals surface area (Å²) in [5, 5.41) is 2.17. The van der Waals surface area contributed by atoms with Gasteiger partial charge in [0, 0.05) is 28.5 Å². The molecule has 3 aromatic rings. The minimum Gasteiger partial charge on any atom is -0.342 e. The van der Waals surface area contributed by atoms with Gasteiger partial charge in [-0.2, -0.15) is 19.2 Å². The largest absolute Gasteiger partial charge is 0.373 e. The zero-order valence-corrected chi connectivity index (χ0v) is 18.0. The van der Waals surface area contributed by atoms with Gasteiger partial charge >= 0.3 is 12.3 Å². The van der Waals surface area contributed by atoms with Crippen molar-refractivity contribution in [3.8, 4) is 0 Å².